The fourth-order valence-electron chi connectivity index (χ4n) is 1.72. The first kappa shape index (κ1) is 13.0. The van der Waals surface area contributed by atoms with Gasteiger partial charge in [-0.25, -0.2) is 0 Å². The van der Waals surface area contributed by atoms with Gasteiger partial charge in [-0.15, -0.1) is 11.3 Å². The lowest BCUT2D eigenvalue weighted by molar-refractivity contribution is 0.319. The van der Waals surface area contributed by atoms with Gasteiger partial charge in [-0.05, 0) is 42.5 Å². The Hall–Kier alpha value is -1.48. The van der Waals surface area contributed by atoms with Crippen LogP contribution in [0.1, 0.15) is 23.8 Å². The van der Waals surface area contributed by atoms with E-state index in [1.54, 1.807) is 11.3 Å². The molecular weight excluding hydrogens is 242 g/mol. The van der Waals surface area contributed by atoms with Crippen molar-refractivity contribution in [3.8, 4) is 5.75 Å². The van der Waals surface area contributed by atoms with E-state index in [1.165, 1.54) is 10.4 Å². The Morgan fingerprint density at radius 1 is 1.28 bits per heavy atom. The monoisotopic (exact) mass is 261 g/mol. The summed E-state index contributed by atoms with van der Waals surface area (Å²) in [5.74, 6) is 0.944. The van der Waals surface area contributed by atoms with Gasteiger partial charge in [0.1, 0.15) is 5.75 Å². The summed E-state index contributed by atoms with van der Waals surface area (Å²) in [6.07, 6.45) is 1.03. The summed E-state index contributed by atoms with van der Waals surface area (Å²) in [5, 5.41) is 5.55. The van der Waals surface area contributed by atoms with E-state index in [9.17, 15) is 0 Å². The van der Waals surface area contributed by atoms with Crippen LogP contribution in [-0.2, 0) is 6.54 Å². The van der Waals surface area contributed by atoms with E-state index in [0.717, 1.165) is 31.0 Å². The molecule has 18 heavy (non-hydrogen) atoms. The SMILES string of the molecule is CCCOc1ccc(C)cc1NCc1cccs1. The number of hydrogen-bond donors (Lipinski definition) is 1. The average Bonchev–Trinajstić information content (AvgIpc) is 2.88. The third-order valence-electron chi connectivity index (χ3n) is 2.63. The van der Waals surface area contributed by atoms with E-state index in [-0.39, 0.29) is 0 Å². The molecule has 0 aliphatic heterocycles. The van der Waals surface area contributed by atoms with Gasteiger partial charge in [0.05, 0.1) is 12.3 Å². The van der Waals surface area contributed by atoms with E-state index in [1.807, 2.05) is 6.07 Å². The summed E-state index contributed by atoms with van der Waals surface area (Å²) in [6, 6.07) is 10.5. The van der Waals surface area contributed by atoms with E-state index in [4.69, 9.17) is 4.74 Å². The van der Waals surface area contributed by atoms with Crippen LogP contribution >= 0.6 is 11.3 Å². The lowest BCUT2D eigenvalue weighted by Crippen LogP contribution is -2.03. The quantitative estimate of drug-likeness (QED) is 0.829. The van der Waals surface area contributed by atoms with Crippen molar-refractivity contribution in [2.24, 2.45) is 0 Å². The van der Waals surface area contributed by atoms with Crippen LogP contribution in [0.3, 0.4) is 0 Å². The Morgan fingerprint density at radius 2 is 2.17 bits per heavy atom. The van der Waals surface area contributed by atoms with E-state index >= 15 is 0 Å². The summed E-state index contributed by atoms with van der Waals surface area (Å²) >= 11 is 1.77. The van der Waals surface area contributed by atoms with Crippen molar-refractivity contribution >= 4 is 17.0 Å². The molecule has 0 atom stereocenters. The number of benzene rings is 1. The number of thiophene rings is 1. The molecule has 0 aliphatic carbocycles. The summed E-state index contributed by atoms with van der Waals surface area (Å²) in [5.41, 5.74) is 2.32. The molecule has 0 radical (unpaired) electrons. The predicted octanol–water partition coefficient (Wildman–Crippen LogP) is 4.46. The number of anilines is 1. The minimum Gasteiger partial charge on any atom is -0.491 e. The highest BCUT2D eigenvalue weighted by Crippen LogP contribution is 2.26. The second-order valence-electron chi connectivity index (χ2n) is 4.28. The Balaban J connectivity index is 2.06. The predicted molar refractivity (Wildman–Crippen MR) is 78.6 cm³/mol. The minimum atomic E-state index is 0.761. The fourth-order valence-corrected chi connectivity index (χ4v) is 2.36. The third-order valence-corrected chi connectivity index (χ3v) is 3.51. The zero-order valence-electron chi connectivity index (χ0n) is 10.9. The first-order valence-corrected chi connectivity index (χ1v) is 7.17. The van der Waals surface area contributed by atoms with Gasteiger partial charge in [0.2, 0.25) is 0 Å². The molecule has 0 saturated heterocycles. The van der Waals surface area contributed by atoms with Crippen LogP contribution in [0, 0.1) is 6.92 Å². The van der Waals surface area contributed by atoms with Crippen molar-refractivity contribution in [1.82, 2.24) is 0 Å². The highest BCUT2D eigenvalue weighted by Gasteiger charge is 2.04. The highest BCUT2D eigenvalue weighted by molar-refractivity contribution is 7.09. The van der Waals surface area contributed by atoms with E-state index < -0.39 is 0 Å². The number of nitrogens with one attached hydrogen (secondary N) is 1. The second-order valence-corrected chi connectivity index (χ2v) is 5.31. The highest BCUT2D eigenvalue weighted by atomic mass is 32.1. The average molecular weight is 261 g/mol. The van der Waals surface area contributed by atoms with Gasteiger partial charge >= 0.3 is 0 Å². The van der Waals surface area contributed by atoms with Crippen LogP contribution in [0.15, 0.2) is 35.7 Å². The molecule has 96 valence electrons. The Kier molecular flexibility index (Phi) is 4.65. The maximum absolute atomic E-state index is 5.75. The van der Waals surface area contributed by atoms with E-state index in [0.29, 0.717) is 0 Å². The summed E-state index contributed by atoms with van der Waals surface area (Å²) in [7, 11) is 0. The zero-order valence-corrected chi connectivity index (χ0v) is 11.7. The molecule has 1 aromatic heterocycles. The van der Waals surface area contributed by atoms with Crippen LogP contribution < -0.4 is 10.1 Å². The summed E-state index contributed by atoms with van der Waals surface area (Å²) in [6.45, 7) is 5.83. The topological polar surface area (TPSA) is 21.3 Å². The lowest BCUT2D eigenvalue weighted by atomic mass is 10.2. The van der Waals surface area contributed by atoms with Crippen LogP contribution in [0.4, 0.5) is 5.69 Å². The van der Waals surface area contributed by atoms with Gasteiger partial charge in [-0.1, -0.05) is 19.1 Å². The largest absolute Gasteiger partial charge is 0.491 e. The summed E-state index contributed by atoms with van der Waals surface area (Å²) in [4.78, 5) is 1.33. The van der Waals surface area contributed by atoms with Crippen molar-refractivity contribution < 1.29 is 4.74 Å². The lowest BCUT2D eigenvalue weighted by Gasteiger charge is -2.13. The molecule has 0 unspecified atom stereocenters. The van der Waals surface area contributed by atoms with Crippen molar-refractivity contribution in [3.63, 3.8) is 0 Å². The molecule has 0 fully saturated rings. The first-order chi connectivity index (χ1) is 8.79. The van der Waals surface area contributed by atoms with Crippen molar-refractivity contribution in [2.75, 3.05) is 11.9 Å². The van der Waals surface area contributed by atoms with Gasteiger partial charge in [-0.3, -0.25) is 0 Å². The maximum atomic E-state index is 5.75. The van der Waals surface area contributed by atoms with Crippen LogP contribution in [0.25, 0.3) is 0 Å². The third kappa shape index (κ3) is 3.50. The molecule has 0 amide bonds. The molecule has 1 heterocycles. The molecule has 0 aliphatic rings. The Bertz CT molecular complexity index is 479. The van der Waals surface area contributed by atoms with Crippen LogP contribution in [0.5, 0.6) is 5.75 Å². The molecule has 1 aromatic carbocycles. The van der Waals surface area contributed by atoms with Gasteiger partial charge in [0, 0.05) is 11.4 Å². The number of ether oxygens (including phenoxy) is 1. The molecule has 0 bridgehead atoms. The van der Waals surface area contributed by atoms with Gasteiger partial charge in [0.15, 0.2) is 0 Å². The second kappa shape index (κ2) is 6.45. The van der Waals surface area contributed by atoms with Crippen molar-refractivity contribution in [1.29, 1.82) is 0 Å². The van der Waals surface area contributed by atoms with Gasteiger partial charge < -0.3 is 10.1 Å². The molecule has 0 saturated carbocycles. The minimum absolute atomic E-state index is 0.761. The normalized spacial score (nSPS) is 10.3. The number of hydrogen-bond acceptors (Lipinski definition) is 3. The summed E-state index contributed by atoms with van der Waals surface area (Å²) < 4.78 is 5.75. The fraction of sp³-hybridized carbons (Fsp3) is 0.333. The van der Waals surface area contributed by atoms with Gasteiger partial charge in [0.25, 0.3) is 0 Å². The smallest absolute Gasteiger partial charge is 0.142 e. The maximum Gasteiger partial charge on any atom is 0.142 e. The molecule has 3 heteroatoms. The molecule has 0 spiro atoms. The molecule has 1 N–H and O–H groups in total. The zero-order chi connectivity index (χ0) is 12.8. The van der Waals surface area contributed by atoms with Crippen LogP contribution in [-0.4, -0.2) is 6.61 Å². The first-order valence-electron chi connectivity index (χ1n) is 6.29. The number of aryl methyl sites for hydroxylation is 1. The molecule has 2 aromatic rings. The molecule has 2 rings (SSSR count). The Morgan fingerprint density at radius 3 is 2.89 bits per heavy atom. The van der Waals surface area contributed by atoms with Gasteiger partial charge in [-0.2, -0.15) is 0 Å². The standard InChI is InChI=1S/C15H19NOS/c1-3-8-17-15-7-6-12(2)10-14(15)16-11-13-5-4-9-18-13/h4-7,9-10,16H,3,8,11H2,1-2H3. The van der Waals surface area contributed by atoms with Crippen molar-refractivity contribution in [2.45, 2.75) is 26.8 Å². The van der Waals surface area contributed by atoms with Crippen molar-refractivity contribution in [3.05, 3.63) is 46.2 Å². The van der Waals surface area contributed by atoms with E-state index in [2.05, 4.69) is 48.8 Å². The molecule has 2 nitrogen and oxygen atoms in total. The Labute approximate surface area is 113 Å². The van der Waals surface area contributed by atoms with Crippen LogP contribution in [0.2, 0.25) is 0 Å². The molecular formula is C15H19NOS. The number of rotatable bonds is 6.